The molecule has 0 saturated heterocycles. The Morgan fingerprint density at radius 1 is 1.30 bits per heavy atom. The van der Waals surface area contributed by atoms with E-state index in [4.69, 9.17) is 0 Å². The lowest BCUT2D eigenvalue weighted by atomic mass is 10.2. The van der Waals surface area contributed by atoms with Crippen LogP contribution in [0.15, 0.2) is 28.8 Å². The van der Waals surface area contributed by atoms with Crippen LogP contribution >= 0.6 is 0 Å². The van der Waals surface area contributed by atoms with Gasteiger partial charge in [0.2, 0.25) is 0 Å². The van der Waals surface area contributed by atoms with Crippen molar-refractivity contribution in [2.45, 2.75) is 20.8 Å². The van der Waals surface area contributed by atoms with Gasteiger partial charge in [-0.05, 0) is 32.4 Å². The van der Waals surface area contributed by atoms with E-state index in [9.17, 15) is 0 Å². The maximum absolute atomic E-state index is 4.02. The quantitative estimate of drug-likeness (QED) is 0.410. The molecule has 0 amide bonds. The van der Waals surface area contributed by atoms with E-state index < -0.39 is 0 Å². The summed E-state index contributed by atoms with van der Waals surface area (Å²) in [5, 5.41) is 0. The number of rotatable bonds is 2. The maximum Gasteiger partial charge on any atom is 0.0316 e. The average molecular weight is 137 g/mol. The Balaban J connectivity index is 4.16. The van der Waals surface area contributed by atoms with E-state index in [1.165, 1.54) is 5.57 Å². The summed E-state index contributed by atoms with van der Waals surface area (Å²) >= 11 is 0. The normalized spacial score (nSPS) is 14.8. The molecular formula is C9H15N. The molecule has 0 aliphatic rings. The summed E-state index contributed by atoms with van der Waals surface area (Å²) in [6, 6.07) is 0. The van der Waals surface area contributed by atoms with Crippen molar-refractivity contribution in [2.75, 3.05) is 7.05 Å². The molecular weight excluding hydrogens is 122 g/mol. The lowest BCUT2D eigenvalue weighted by Crippen LogP contribution is -1.84. The van der Waals surface area contributed by atoms with Crippen molar-refractivity contribution in [3.05, 3.63) is 23.8 Å². The van der Waals surface area contributed by atoms with Gasteiger partial charge in [-0.1, -0.05) is 12.2 Å². The van der Waals surface area contributed by atoms with Crippen LogP contribution in [0.3, 0.4) is 0 Å². The van der Waals surface area contributed by atoms with Gasteiger partial charge in [0.25, 0.3) is 0 Å². The van der Waals surface area contributed by atoms with Crippen LogP contribution in [0.4, 0.5) is 0 Å². The number of aliphatic imine (C=N–C) groups is 1. The zero-order valence-corrected chi connectivity index (χ0v) is 7.18. The third-order valence-electron chi connectivity index (χ3n) is 1.22. The average Bonchev–Trinajstić information content (AvgIpc) is 1.88. The van der Waals surface area contributed by atoms with Crippen LogP contribution in [-0.4, -0.2) is 12.8 Å². The fraction of sp³-hybridized carbons (Fsp3) is 0.444. The Morgan fingerprint density at radius 2 is 1.90 bits per heavy atom. The molecule has 0 unspecified atom stereocenters. The van der Waals surface area contributed by atoms with Crippen molar-refractivity contribution in [3.8, 4) is 0 Å². The van der Waals surface area contributed by atoms with Crippen molar-refractivity contribution in [1.82, 2.24) is 0 Å². The molecule has 1 heteroatoms. The van der Waals surface area contributed by atoms with Crippen LogP contribution in [0.25, 0.3) is 0 Å². The van der Waals surface area contributed by atoms with Crippen molar-refractivity contribution >= 4 is 5.71 Å². The SMILES string of the molecule is C\C=C/C(C)=C\C(C)=N\C. The van der Waals surface area contributed by atoms with Gasteiger partial charge in [0.1, 0.15) is 0 Å². The van der Waals surface area contributed by atoms with Crippen molar-refractivity contribution in [1.29, 1.82) is 0 Å². The van der Waals surface area contributed by atoms with E-state index in [-0.39, 0.29) is 0 Å². The van der Waals surface area contributed by atoms with E-state index in [1.807, 2.05) is 19.9 Å². The number of hydrogen-bond acceptors (Lipinski definition) is 1. The monoisotopic (exact) mass is 137 g/mol. The first-order valence-corrected chi connectivity index (χ1v) is 3.45. The smallest absolute Gasteiger partial charge is 0.0316 e. The van der Waals surface area contributed by atoms with Gasteiger partial charge in [0, 0.05) is 12.8 Å². The summed E-state index contributed by atoms with van der Waals surface area (Å²) in [6.07, 6.45) is 6.14. The first kappa shape index (κ1) is 9.15. The third-order valence-corrected chi connectivity index (χ3v) is 1.22. The van der Waals surface area contributed by atoms with Crippen LogP contribution in [0.1, 0.15) is 20.8 Å². The standard InChI is InChI=1S/C9H15N/c1-5-6-8(2)7-9(3)10-4/h5-7H,1-4H3/b6-5-,8-7-,10-9+. The second-order valence-electron chi connectivity index (χ2n) is 2.25. The van der Waals surface area contributed by atoms with E-state index in [1.54, 1.807) is 7.05 Å². The van der Waals surface area contributed by atoms with Gasteiger partial charge in [-0.25, -0.2) is 0 Å². The molecule has 0 aliphatic carbocycles. The summed E-state index contributed by atoms with van der Waals surface area (Å²) in [4.78, 5) is 4.02. The van der Waals surface area contributed by atoms with Gasteiger partial charge in [-0.15, -0.1) is 0 Å². The second-order valence-corrected chi connectivity index (χ2v) is 2.25. The summed E-state index contributed by atoms with van der Waals surface area (Å²) < 4.78 is 0. The van der Waals surface area contributed by atoms with Crippen LogP contribution in [0.5, 0.6) is 0 Å². The zero-order valence-electron chi connectivity index (χ0n) is 7.18. The van der Waals surface area contributed by atoms with E-state index in [2.05, 4.69) is 24.1 Å². The summed E-state index contributed by atoms with van der Waals surface area (Å²) in [7, 11) is 1.80. The molecule has 0 heterocycles. The Labute approximate surface area is 63.2 Å². The molecule has 10 heavy (non-hydrogen) atoms. The van der Waals surface area contributed by atoms with Gasteiger partial charge in [-0.3, -0.25) is 4.99 Å². The van der Waals surface area contributed by atoms with Gasteiger partial charge in [-0.2, -0.15) is 0 Å². The molecule has 0 aromatic carbocycles. The minimum Gasteiger partial charge on any atom is -0.293 e. The van der Waals surface area contributed by atoms with E-state index in [0.717, 1.165) is 5.71 Å². The fourth-order valence-electron chi connectivity index (χ4n) is 0.705. The number of hydrogen-bond donors (Lipinski definition) is 0. The molecule has 0 saturated carbocycles. The molecule has 0 aromatic rings. The number of allylic oxidation sites excluding steroid dienone is 4. The number of nitrogens with zero attached hydrogens (tertiary/aromatic N) is 1. The van der Waals surface area contributed by atoms with Gasteiger partial charge >= 0.3 is 0 Å². The third kappa shape index (κ3) is 4.07. The largest absolute Gasteiger partial charge is 0.293 e. The van der Waals surface area contributed by atoms with Gasteiger partial charge in [0.15, 0.2) is 0 Å². The predicted octanol–water partition coefficient (Wildman–Crippen LogP) is 2.60. The molecule has 0 rings (SSSR count). The summed E-state index contributed by atoms with van der Waals surface area (Å²) in [6.45, 7) is 6.07. The first-order chi connectivity index (χ1) is 4.70. The molecule has 0 N–H and O–H groups in total. The Kier molecular flexibility index (Phi) is 4.55. The van der Waals surface area contributed by atoms with Crippen LogP contribution in [-0.2, 0) is 0 Å². The van der Waals surface area contributed by atoms with Crippen LogP contribution < -0.4 is 0 Å². The zero-order chi connectivity index (χ0) is 7.98. The highest BCUT2D eigenvalue weighted by molar-refractivity contribution is 5.93. The molecule has 0 spiro atoms. The molecule has 0 aliphatic heterocycles. The Bertz CT molecular complexity index is 173. The molecule has 0 radical (unpaired) electrons. The first-order valence-electron chi connectivity index (χ1n) is 3.45. The topological polar surface area (TPSA) is 12.4 Å². The van der Waals surface area contributed by atoms with Crippen LogP contribution in [0, 0.1) is 0 Å². The second kappa shape index (κ2) is 4.98. The fourth-order valence-corrected chi connectivity index (χ4v) is 0.705. The Hall–Kier alpha value is -0.850. The van der Waals surface area contributed by atoms with Crippen LogP contribution in [0.2, 0.25) is 0 Å². The lowest BCUT2D eigenvalue weighted by Gasteiger charge is -1.90. The predicted molar refractivity (Wildman–Crippen MR) is 47.6 cm³/mol. The lowest BCUT2D eigenvalue weighted by molar-refractivity contribution is 1.41. The molecule has 0 atom stereocenters. The van der Waals surface area contributed by atoms with E-state index in [0.29, 0.717) is 0 Å². The molecule has 0 fully saturated rings. The molecule has 1 nitrogen and oxygen atoms in total. The highest BCUT2D eigenvalue weighted by Gasteiger charge is 1.82. The van der Waals surface area contributed by atoms with Crippen molar-refractivity contribution in [3.63, 3.8) is 0 Å². The molecule has 56 valence electrons. The van der Waals surface area contributed by atoms with E-state index >= 15 is 0 Å². The van der Waals surface area contributed by atoms with Crippen molar-refractivity contribution < 1.29 is 0 Å². The highest BCUT2D eigenvalue weighted by atomic mass is 14.7. The summed E-state index contributed by atoms with van der Waals surface area (Å²) in [5.74, 6) is 0. The molecule has 0 aromatic heterocycles. The summed E-state index contributed by atoms with van der Waals surface area (Å²) in [5.41, 5.74) is 2.31. The van der Waals surface area contributed by atoms with Crippen molar-refractivity contribution in [2.24, 2.45) is 4.99 Å². The molecule has 0 bridgehead atoms. The minimum atomic E-state index is 1.07. The van der Waals surface area contributed by atoms with Gasteiger partial charge < -0.3 is 0 Å². The van der Waals surface area contributed by atoms with Gasteiger partial charge in [0.05, 0.1) is 0 Å². The highest BCUT2D eigenvalue weighted by Crippen LogP contribution is 1.94. The Morgan fingerprint density at radius 3 is 2.30 bits per heavy atom. The maximum atomic E-state index is 4.02. The minimum absolute atomic E-state index is 1.07.